The summed E-state index contributed by atoms with van der Waals surface area (Å²) in [5.41, 5.74) is -1.31. The molecule has 2 heterocycles. The van der Waals surface area contributed by atoms with E-state index in [1.54, 1.807) is 23.9 Å². The molecular formula is C31H64BN3NaO9. The molecule has 0 aromatic rings. The Hall–Kier alpha value is -1.54. The third-order valence-electron chi connectivity index (χ3n) is 5.59. The Bertz CT molecular complexity index is 864. The maximum Gasteiger partial charge on any atom is 1.00 e. The van der Waals surface area contributed by atoms with E-state index in [2.05, 4.69) is 0 Å². The van der Waals surface area contributed by atoms with E-state index in [9.17, 15) is 24.3 Å². The van der Waals surface area contributed by atoms with Gasteiger partial charge in [0.25, 0.3) is 0 Å². The smallest absolute Gasteiger partial charge is 1.00 e. The second-order valence-electron chi connectivity index (χ2n) is 13.7. The second-order valence-corrected chi connectivity index (χ2v) is 13.7. The summed E-state index contributed by atoms with van der Waals surface area (Å²) in [4.78, 5) is 50.2. The van der Waals surface area contributed by atoms with Gasteiger partial charge in [0.05, 0.1) is 6.10 Å². The number of aliphatic hydroxyl groups excluding tert-OH is 2. The number of ketones is 1. The number of hydrogen-bond donors (Lipinski definition) is 2. The third-order valence-corrected chi connectivity index (χ3v) is 5.59. The van der Waals surface area contributed by atoms with E-state index < -0.39 is 11.2 Å². The zero-order chi connectivity index (χ0) is 33.6. The van der Waals surface area contributed by atoms with Crippen LogP contribution in [0.3, 0.4) is 0 Å². The number of ether oxygens (including phenoxy) is 3. The first-order chi connectivity index (χ1) is 18.9. The Balaban J connectivity index is -0.000000124. The van der Waals surface area contributed by atoms with Crippen LogP contribution >= 0.6 is 0 Å². The monoisotopic (exact) mass is 656 g/mol. The predicted molar refractivity (Wildman–Crippen MR) is 176 cm³/mol. The molecule has 0 aromatic carbocycles. The van der Waals surface area contributed by atoms with Crippen molar-refractivity contribution >= 4 is 32.5 Å². The first-order valence-electron chi connectivity index (χ1n) is 14.4. The van der Waals surface area contributed by atoms with Gasteiger partial charge in [-0.1, -0.05) is 21.3 Å². The van der Waals surface area contributed by atoms with Gasteiger partial charge in [0.1, 0.15) is 22.6 Å². The van der Waals surface area contributed by atoms with Crippen LogP contribution in [0.2, 0.25) is 0 Å². The molecule has 2 N–H and O–H groups in total. The van der Waals surface area contributed by atoms with E-state index in [0.29, 0.717) is 39.0 Å². The molecule has 3 unspecified atom stereocenters. The summed E-state index contributed by atoms with van der Waals surface area (Å²) in [7, 11) is 4.32. The van der Waals surface area contributed by atoms with Crippen molar-refractivity contribution < 1.29 is 74.6 Å². The van der Waals surface area contributed by atoms with E-state index in [1.165, 1.54) is 4.90 Å². The molecule has 3 amide bonds. The van der Waals surface area contributed by atoms with Crippen molar-refractivity contribution in [1.82, 2.24) is 14.7 Å². The fourth-order valence-corrected chi connectivity index (χ4v) is 3.49. The van der Waals surface area contributed by atoms with Gasteiger partial charge in [-0.25, -0.2) is 14.4 Å². The number of carbonyl (C=O) groups excluding carboxylic acids is 4. The van der Waals surface area contributed by atoms with Crippen molar-refractivity contribution in [1.29, 1.82) is 0 Å². The van der Waals surface area contributed by atoms with E-state index >= 15 is 0 Å². The Morgan fingerprint density at radius 1 is 0.800 bits per heavy atom. The Morgan fingerprint density at radius 2 is 1.18 bits per heavy atom. The van der Waals surface area contributed by atoms with Crippen molar-refractivity contribution in [2.45, 2.75) is 119 Å². The molecule has 0 bridgehead atoms. The maximum atomic E-state index is 11.7. The Labute approximate surface area is 299 Å². The van der Waals surface area contributed by atoms with Gasteiger partial charge >= 0.3 is 47.8 Å². The van der Waals surface area contributed by atoms with Crippen molar-refractivity contribution in [2.75, 3.05) is 47.4 Å². The molecule has 0 spiro atoms. The van der Waals surface area contributed by atoms with Crippen LogP contribution in [-0.4, -0.2) is 128 Å². The SMILES string of the molecule is C.CC1CN(C(=O)OC(C)(C)C)CCC1=O.CC1CN(C(=O)OC(C)(C)C)CCC1O.CN(C)C(=O)OC(C)(C)C.CO.[B].[H-].[Na+]. The van der Waals surface area contributed by atoms with Crippen molar-refractivity contribution in [3.8, 4) is 0 Å². The molecule has 14 heteroatoms. The Kier molecular flexibility index (Phi) is 27.9. The average molecular weight is 657 g/mol. The first kappa shape index (κ1) is 53.0. The number of aliphatic hydroxyl groups is 2. The van der Waals surface area contributed by atoms with Gasteiger partial charge in [0, 0.05) is 68.1 Å². The number of hydrogen-bond acceptors (Lipinski definition) is 9. The standard InChI is InChI=1S/C11H21NO3.C11H19NO3.C7H15NO2.CH4O.CH4.B.Na.H/c2*1-8-7-12(6-5-9(8)13)10(14)15-11(2,3)4;1-7(2,3)10-6(9)8(4)5;1-2;;;;/h8-9,13H,5-7H2,1-4H3;8H,5-7H2,1-4H3;1-5H3;2H,1H3;1H4;;;/q;;;;;;+1;-1. The third kappa shape index (κ3) is 26.3. The topological polar surface area (TPSA) is 146 Å². The van der Waals surface area contributed by atoms with E-state index in [-0.39, 0.29) is 94.4 Å². The predicted octanol–water partition coefficient (Wildman–Crippen LogP) is 1.92. The van der Waals surface area contributed by atoms with Crippen LogP contribution in [0.25, 0.3) is 0 Å². The summed E-state index contributed by atoms with van der Waals surface area (Å²) in [5.74, 6) is 0.298. The van der Waals surface area contributed by atoms with Gasteiger partial charge in [-0.15, -0.1) is 0 Å². The number of Topliss-reactive ketones (excluding diaryl/α,β-unsaturated/α-hetero) is 1. The van der Waals surface area contributed by atoms with Crippen LogP contribution in [0.15, 0.2) is 0 Å². The fraction of sp³-hybridized carbons (Fsp3) is 0.871. The summed E-state index contributed by atoms with van der Waals surface area (Å²) in [5, 5.41) is 16.5. The molecule has 12 nitrogen and oxygen atoms in total. The van der Waals surface area contributed by atoms with Gasteiger partial charge < -0.3 is 40.6 Å². The molecule has 2 aliphatic heterocycles. The summed E-state index contributed by atoms with van der Waals surface area (Å²) >= 11 is 0. The van der Waals surface area contributed by atoms with Crippen LogP contribution < -0.4 is 29.6 Å². The minimum Gasteiger partial charge on any atom is -1.00 e. The number of rotatable bonds is 0. The van der Waals surface area contributed by atoms with Crippen LogP contribution in [0.4, 0.5) is 14.4 Å². The number of amides is 3. The van der Waals surface area contributed by atoms with Crippen LogP contribution in [0.1, 0.15) is 97.9 Å². The number of likely N-dealkylation sites (tertiary alicyclic amines) is 2. The van der Waals surface area contributed by atoms with Crippen molar-refractivity contribution in [3.05, 3.63) is 0 Å². The van der Waals surface area contributed by atoms with Crippen LogP contribution in [0.5, 0.6) is 0 Å². The van der Waals surface area contributed by atoms with Crippen molar-refractivity contribution in [2.24, 2.45) is 11.8 Å². The molecule has 3 radical (unpaired) electrons. The van der Waals surface area contributed by atoms with E-state index in [0.717, 1.165) is 7.11 Å². The zero-order valence-electron chi connectivity index (χ0n) is 31.1. The largest absolute Gasteiger partial charge is 1.00 e. The minimum atomic E-state index is -0.470. The van der Waals surface area contributed by atoms with Crippen LogP contribution in [-0.2, 0) is 19.0 Å². The number of nitrogens with zero attached hydrogens (tertiary/aromatic N) is 3. The first-order valence-corrected chi connectivity index (χ1v) is 14.4. The molecule has 3 atom stereocenters. The maximum absolute atomic E-state index is 11.7. The molecule has 2 aliphatic rings. The molecule has 0 aliphatic carbocycles. The van der Waals surface area contributed by atoms with Gasteiger partial charge in [-0.2, -0.15) is 0 Å². The fourth-order valence-electron chi connectivity index (χ4n) is 3.49. The molecule has 261 valence electrons. The van der Waals surface area contributed by atoms with Gasteiger partial charge in [-0.05, 0) is 74.7 Å². The van der Waals surface area contributed by atoms with Gasteiger partial charge in [0.15, 0.2) is 0 Å². The molecule has 0 aromatic heterocycles. The zero-order valence-corrected chi connectivity index (χ0v) is 32.1. The summed E-state index contributed by atoms with van der Waals surface area (Å²) in [6, 6.07) is 0. The molecule has 45 heavy (non-hydrogen) atoms. The van der Waals surface area contributed by atoms with Gasteiger partial charge in [-0.3, -0.25) is 4.79 Å². The van der Waals surface area contributed by atoms with E-state index in [1.807, 2.05) is 76.2 Å². The minimum absolute atomic E-state index is 0. The molecular weight excluding hydrogens is 592 g/mol. The molecule has 0 saturated carbocycles. The number of carbonyl (C=O) groups is 4. The quantitative estimate of drug-likeness (QED) is 0.295. The van der Waals surface area contributed by atoms with Gasteiger partial charge in [0.2, 0.25) is 0 Å². The van der Waals surface area contributed by atoms with E-state index in [4.69, 9.17) is 19.3 Å². The van der Waals surface area contributed by atoms with Crippen molar-refractivity contribution in [3.63, 3.8) is 0 Å². The molecule has 2 rings (SSSR count). The Morgan fingerprint density at radius 3 is 1.47 bits per heavy atom. The summed E-state index contributed by atoms with van der Waals surface area (Å²) < 4.78 is 15.5. The average Bonchev–Trinajstić information content (AvgIpc) is 2.81. The summed E-state index contributed by atoms with van der Waals surface area (Å²) in [6.07, 6.45) is -0.0971. The second kappa shape index (κ2) is 23.7. The summed E-state index contributed by atoms with van der Waals surface area (Å²) in [6.45, 7) is 22.5. The van der Waals surface area contributed by atoms with Crippen LogP contribution in [0, 0.1) is 11.8 Å². The molecule has 2 fully saturated rings. The molecule has 2 saturated heterocycles. The number of piperidine rings is 2. The normalized spacial score (nSPS) is 19.4.